The lowest BCUT2D eigenvalue weighted by atomic mass is 10.2. The molecule has 0 radical (unpaired) electrons. The Kier molecular flexibility index (Phi) is 4.56. The largest absolute Gasteiger partial charge is 0.378 e. The number of ether oxygens (including phenoxy) is 1. The van der Waals surface area contributed by atoms with Gasteiger partial charge in [0, 0.05) is 18.7 Å². The highest BCUT2D eigenvalue weighted by Gasteiger charge is 2.21. The molecule has 22 heavy (non-hydrogen) atoms. The Balaban J connectivity index is 2.12. The predicted octanol–water partition coefficient (Wildman–Crippen LogP) is 3.25. The van der Waals surface area contributed by atoms with Crippen molar-refractivity contribution in [3.8, 4) is 11.4 Å². The zero-order valence-electron chi connectivity index (χ0n) is 12.3. The van der Waals surface area contributed by atoms with Crippen LogP contribution in [0.5, 0.6) is 0 Å². The van der Waals surface area contributed by atoms with Crippen molar-refractivity contribution in [1.82, 2.24) is 9.97 Å². The normalized spacial score (nSPS) is 14.6. The number of thioether (sulfide) groups is 1. The molecule has 0 bridgehead atoms. The molecule has 1 aliphatic heterocycles. The number of morpholine rings is 1. The Labute approximate surface area is 134 Å². The molecular weight excluding hydrogens is 296 g/mol. The van der Waals surface area contributed by atoms with Crippen LogP contribution < -0.4 is 4.90 Å². The van der Waals surface area contributed by atoms with Gasteiger partial charge < -0.3 is 9.64 Å². The lowest BCUT2D eigenvalue weighted by molar-refractivity contribution is 0.122. The molecule has 0 atom stereocenters. The van der Waals surface area contributed by atoms with Crippen LogP contribution in [0.3, 0.4) is 0 Å². The number of rotatable bonds is 3. The minimum atomic E-state index is 0.536. The Bertz CT molecular complexity index is 693. The topological polar surface area (TPSA) is 42.6 Å². The molecule has 0 saturated carbocycles. The molecule has 0 aliphatic carbocycles. The van der Waals surface area contributed by atoms with Gasteiger partial charge in [0.1, 0.15) is 10.8 Å². The van der Waals surface area contributed by atoms with Gasteiger partial charge in [-0.2, -0.15) is 0 Å². The molecule has 0 N–H and O–H groups in total. The Morgan fingerprint density at radius 3 is 2.55 bits per heavy atom. The quantitative estimate of drug-likeness (QED) is 0.494. The highest BCUT2D eigenvalue weighted by molar-refractivity contribution is 7.98. The molecule has 1 aromatic carbocycles. The lowest BCUT2D eigenvalue weighted by Gasteiger charge is -2.29. The van der Waals surface area contributed by atoms with E-state index in [0.29, 0.717) is 24.7 Å². The van der Waals surface area contributed by atoms with E-state index >= 15 is 0 Å². The standard InChI is InChI=1S/C16H16N4OS/c1-17-13-15(20-8-10-21-11-9-20)18-14(19-16(13)22-2)12-6-4-3-5-7-12/h3-7H,8-11H2,2H3. The summed E-state index contributed by atoms with van der Waals surface area (Å²) >= 11 is 1.48. The van der Waals surface area contributed by atoms with Gasteiger partial charge in [-0.05, 0) is 6.26 Å². The van der Waals surface area contributed by atoms with Crippen molar-refractivity contribution >= 4 is 23.3 Å². The molecule has 1 fully saturated rings. The van der Waals surface area contributed by atoms with Crippen LogP contribution in [-0.2, 0) is 4.74 Å². The van der Waals surface area contributed by atoms with E-state index in [9.17, 15) is 0 Å². The van der Waals surface area contributed by atoms with Crippen LogP contribution in [0, 0.1) is 6.57 Å². The molecule has 6 heteroatoms. The lowest BCUT2D eigenvalue weighted by Crippen LogP contribution is -2.37. The Morgan fingerprint density at radius 2 is 1.91 bits per heavy atom. The summed E-state index contributed by atoms with van der Waals surface area (Å²) in [6.07, 6.45) is 1.94. The molecule has 1 aromatic heterocycles. The molecule has 2 aromatic rings. The maximum atomic E-state index is 7.50. The Morgan fingerprint density at radius 1 is 1.18 bits per heavy atom. The summed E-state index contributed by atoms with van der Waals surface area (Å²) in [6, 6.07) is 9.87. The molecule has 3 rings (SSSR count). The summed E-state index contributed by atoms with van der Waals surface area (Å²) in [5.74, 6) is 1.38. The van der Waals surface area contributed by atoms with E-state index < -0.39 is 0 Å². The van der Waals surface area contributed by atoms with Crippen molar-refractivity contribution < 1.29 is 4.74 Å². The van der Waals surface area contributed by atoms with E-state index in [1.165, 1.54) is 11.8 Å². The van der Waals surface area contributed by atoms with Crippen molar-refractivity contribution in [2.24, 2.45) is 0 Å². The van der Waals surface area contributed by atoms with Gasteiger partial charge in [-0.15, -0.1) is 11.8 Å². The molecule has 1 aliphatic rings. The highest BCUT2D eigenvalue weighted by Crippen LogP contribution is 2.37. The number of hydrogen-bond acceptors (Lipinski definition) is 5. The maximum Gasteiger partial charge on any atom is 0.259 e. The minimum Gasteiger partial charge on any atom is -0.378 e. The molecule has 0 unspecified atom stereocenters. The van der Waals surface area contributed by atoms with E-state index in [1.54, 1.807) is 0 Å². The predicted molar refractivity (Wildman–Crippen MR) is 88.5 cm³/mol. The van der Waals surface area contributed by atoms with Gasteiger partial charge in [-0.25, -0.2) is 14.8 Å². The summed E-state index contributed by atoms with van der Waals surface area (Å²) in [5.41, 5.74) is 1.50. The van der Waals surface area contributed by atoms with E-state index in [0.717, 1.165) is 29.5 Å². The second kappa shape index (κ2) is 6.77. The third kappa shape index (κ3) is 2.91. The van der Waals surface area contributed by atoms with Crippen LogP contribution in [0.15, 0.2) is 35.4 Å². The van der Waals surface area contributed by atoms with Crippen molar-refractivity contribution in [3.63, 3.8) is 0 Å². The summed E-state index contributed by atoms with van der Waals surface area (Å²) in [6.45, 7) is 10.3. The average Bonchev–Trinajstić information content (AvgIpc) is 2.62. The van der Waals surface area contributed by atoms with Crippen molar-refractivity contribution in [1.29, 1.82) is 0 Å². The number of nitrogens with zero attached hydrogens (tertiary/aromatic N) is 4. The average molecular weight is 312 g/mol. The molecular formula is C16H16N4OS. The molecule has 0 amide bonds. The van der Waals surface area contributed by atoms with Crippen molar-refractivity contribution in [3.05, 3.63) is 41.7 Å². The summed E-state index contributed by atoms with van der Waals surface area (Å²) in [4.78, 5) is 15.0. The summed E-state index contributed by atoms with van der Waals surface area (Å²) in [7, 11) is 0. The van der Waals surface area contributed by atoms with Crippen molar-refractivity contribution in [2.75, 3.05) is 37.5 Å². The van der Waals surface area contributed by atoms with Crippen LogP contribution in [0.4, 0.5) is 11.5 Å². The van der Waals surface area contributed by atoms with Crippen LogP contribution in [0.2, 0.25) is 0 Å². The first kappa shape index (κ1) is 14.8. The number of anilines is 1. The third-order valence-corrected chi connectivity index (χ3v) is 4.15. The van der Waals surface area contributed by atoms with E-state index in [4.69, 9.17) is 11.3 Å². The number of benzene rings is 1. The van der Waals surface area contributed by atoms with Gasteiger partial charge in [0.15, 0.2) is 5.82 Å². The SMILES string of the molecule is [C-]#[N+]c1c(SC)nc(-c2ccccc2)nc1N1CCOCC1. The monoisotopic (exact) mass is 312 g/mol. The summed E-state index contributed by atoms with van der Waals surface area (Å²) in [5, 5.41) is 0.727. The molecule has 112 valence electrons. The fourth-order valence-corrected chi connectivity index (χ4v) is 2.88. The fourth-order valence-electron chi connectivity index (χ4n) is 2.38. The van der Waals surface area contributed by atoms with Gasteiger partial charge in [0.25, 0.3) is 5.69 Å². The first-order chi connectivity index (χ1) is 10.8. The van der Waals surface area contributed by atoms with E-state index in [1.807, 2.05) is 36.6 Å². The first-order valence-electron chi connectivity index (χ1n) is 7.05. The third-order valence-electron chi connectivity index (χ3n) is 3.48. The van der Waals surface area contributed by atoms with Gasteiger partial charge in [0.2, 0.25) is 0 Å². The van der Waals surface area contributed by atoms with Gasteiger partial charge in [-0.3, -0.25) is 0 Å². The van der Waals surface area contributed by atoms with E-state index in [2.05, 4.69) is 19.7 Å². The van der Waals surface area contributed by atoms with Gasteiger partial charge in [0.05, 0.1) is 19.8 Å². The van der Waals surface area contributed by atoms with Gasteiger partial charge in [-0.1, -0.05) is 30.3 Å². The smallest absolute Gasteiger partial charge is 0.259 e. The van der Waals surface area contributed by atoms with Crippen LogP contribution in [0.1, 0.15) is 0 Å². The number of hydrogen-bond donors (Lipinski definition) is 0. The van der Waals surface area contributed by atoms with Crippen LogP contribution in [-0.4, -0.2) is 42.5 Å². The minimum absolute atomic E-state index is 0.536. The highest BCUT2D eigenvalue weighted by atomic mass is 32.2. The zero-order valence-corrected chi connectivity index (χ0v) is 13.1. The number of aromatic nitrogens is 2. The zero-order chi connectivity index (χ0) is 15.4. The van der Waals surface area contributed by atoms with Gasteiger partial charge >= 0.3 is 0 Å². The molecule has 5 nitrogen and oxygen atoms in total. The second-order valence-corrected chi connectivity index (χ2v) is 5.60. The van der Waals surface area contributed by atoms with Crippen LogP contribution >= 0.6 is 11.8 Å². The second-order valence-electron chi connectivity index (χ2n) is 4.81. The maximum absolute atomic E-state index is 7.50. The van der Waals surface area contributed by atoms with Crippen LogP contribution in [0.25, 0.3) is 16.2 Å². The molecule has 2 heterocycles. The molecule has 1 saturated heterocycles. The summed E-state index contributed by atoms with van der Waals surface area (Å²) < 4.78 is 5.40. The fraction of sp³-hybridized carbons (Fsp3) is 0.312. The molecule has 0 spiro atoms. The Hall–Kier alpha value is -2.10. The van der Waals surface area contributed by atoms with Crippen molar-refractivity contribution in [2.45, 2.75) is 5.03 Å². The van der Waals surface area contributed by atoms with E-state index in [-0.39, 0.29) is 0 Å². The first-order valence-corrected chi connectivity index (χ1v) is 8.27.